The fourth-order valence-electron chi connectivity index (χ4n) is 3.52. The predicted octanol–water partition coefficient (Wildman–Crippen LogP) is 0.714. The lowest BCUT2D eigenvalue weighted by molar-refractivity contribution is 0.473. The van der Waals surface area contributed by atoms with Crippen LogP contribution in [0.15, 0.2) is 43.8 Å². The number of aromatic hydroxyl groups is 2. The van der Waals surface area contributed by atoms with E-state index in [1.807, 2.05) is 0 Å². The summed E-state index contributed by atoms with van der Waals surface area (Å²) in [4.78, 5) is 0.286. The molecule has 194 valence electrons. The van der Waals surface area contributed by atoms with Crippen molar-refractivity contribution in [2.75, 3.05) is 0 Å². The van der Waals surface area contributed by atoms with E-state index in [0.717, 1.165) is 0 Å². The summed E-state index contributed by atoms with van der Waals surface area (Å²) in [6, 6.07) is 1.97. The maximum atomic E-state index is 11.8. The number of aromatic amines is 2. The van der Waals surface area contributed by atoms with Gasteiger partial charge in [0.05, 0.1) is 20.8 Å². The monoisotopic (exact) mass is 584 g/mol. The third-order valence-electron chi connectivity index (χ3n) is 5.04. The normalized spacial score (nSPS) is 13.6. The van der Waals surface area contributed by atoms with Crippen LogP contribution in [0.4, 0.5) is 0 Å². The zero-order valence-electron chi connectivity index (χ0n) is 16.9. The van der Waals surface area contributed by atoms with Crippen LogP contribution in [-0.2, 0) is 40.5 Å². The summed E-state index contributed by atoms with van der Waals surface area (Å²) in [6.45, 7) is 0. The van der Waals surface area contributed by atoms with Crippen molar-refractivity contribution in [3.8, 4) is 22.9 Å². The number of aromatic nitrogens is 2. The fourth-order valence-corrected chi connectivity index (χ4v) is 6.12. The molecular weight excluding hydrogens is 572 g/mol. The SMILES string of the molecule is O=S(=O)(O)c1cc(S(=O)(=O)O)c2[nH]c(-c3[nH]c4c(S(=O)(=O)O)cc(S(=O)(=O)O)cc4c3O)c(O)c2c1. The number of hydrogen-bond acceptors (Lipinski definition) is 10. The van der Waals surface area contributed by atoms with Gasteiger partial charge in [-0.05, 0) is 24.3 Å². The van der Waals surface area contributed by atoms with E-state index in [9.17, 15) is 62.1 Å². The van der Waals surface area contributed by atoms with Gasteiger partial charge in [0, 0.05) is 10.8 Å². The molecule has 2 aromatic carbocycles. The van der Waals surface area contributed by atoms with Crippen LogP contribution in [0.3, 0.4) is 0 Å². The summed E-state index contributed by atoms with van der Waals surface area (Å²) >= 11 is 0. The van der Waals surface area contributed by atoms with Crippen LogP contribution in [0, 0.1) is 0 Å². The molecule has 0 aliphatic carbocycles. The quantitative estimate of drug-likeness (QED) is 0.150. The first kappa shape index (κ1) is 25.8. The molecule has 2 heterocycles. The lowest BCUT2D eigenvalue weighted by Gasteiger charge is -2.03. The van der Waals surface area contributed by atoms with E-state index >= 15 is 0 Å². The van der Waals surface area contributed by atoms with Gasteiger partial charge in [-0.25, -0.2) is 0 Å². The van der Waals surface area contributed by atoms with Gasteiger partial charge in [0.15, 0.2) is 11.5 Å². The van der Waals surface area contributed by atoms with Crippen molar-refractivity contribution in [1.82, 2.24) is 9.97 Å². The Morgan fingerprint density at radius 1 is 0.500 bits per heavy atom. The molecule has 0 spiro atoms. The Kier molecular flexibility index (Phi) is 5.48. The molecule has 2 aromatic heterocycles. The zero-order valence-corrected chi connectivity index (χ0v) is 20.2. The summed E-state index contributed by atoms with van der Waals surface area (Å²) in [7, 11) is -20.5. The van der Waals surface area contributed by atoms with Gasteiger partial charge < -0.3 is 20.2 Å². The van der Waals surface area contributed by atoms with Crippen LogP contribution in [0.25, 0.3) is 33.2 Å². The van der Waals surface area contributed by atoms with Crippen LogP contribution >= 0.6 is 0 Å². The van der Waals surface area contributed by atoms with Crippen molar-refractivity contribution in [2.24, 2.45) is 0 Å². The Bertz CT molecular complexity index is 1900. The molecule has 8 N–H and O–H groups in total. The number of nitrogens with one attached hydrogen (secondary N) is 2. The van der Waals surface area contributed by atoms with E-state index < -0.39 is 105 Å². The van der Waals surface area contributed by atoms with Crippen molar-refractivity contribution in [3.63, 3.8) is 0 Å². The van der Waals surface area contributed by atoms with Crippen LogP contribution in [-0.4, -0.2) is 72.1 Å². The van der Waals surface area contributed by atoms with Crippen LogP contribution in [0.2, 0.25) is 0 Å². The van der Waals surface area contributed by atoms with Crippen LogP contribution < -0.4 is 0 Å². The molecule has 0 aliphatic rings. The molecule has 0 amide bonds. The van der Waals surface area contributed by atoms with E-state index in [0.29, 0.717) is 24.3 Å². The van der Waals surface area contributed by atoms with E-state index in [4.69, 9.17) is 0 Å². The molecule has 0 unspecified atom stereocenters. The van der Waals surface area contributed by atoms with E-state index in [1.54, 1.807) is 0 Å². The van der Waals surface area contributed by atoms with Crippen molar-refractivity contribution < 1.29 is 62.1 Å². The average Bonchev–Trinajstić information content (AvgIpc) is 3.21. The minimum Gasteiger partial charge on any atom is -0.505 e. The van der Waals surface area contributed by atoms with Crippen molar-refractivity contribution in [1.29, 1.82) is 0 Å². The second kappa shape index (κ2) is 7.63. The number of hydrogen-bond donors (Lipinski definition) is 8. The average molecular weight is 585 g/mol. The molecule has 0 aliphatic heterocycles. The topological polar surface area (TPSA) is 290 Å². The largest absolute Gasteiger partial charge is 0.505 e. The Morgan fingerprint density at radius 2 is 0.806 bits per heavy atom. The third kappa shape index (κ3) is 4.18. The van der Waals surface area contributed by atoms with Gasteiger partial charge in [-0.1, -0.05) is 0 Å². The standard InChI is InChI=1S/C16H12N2O14S4/c19-15-7-1-5(33(21,22)23)3-9(35(27,28)29)11(7)17-13(15)14-16(20)8-2-6(34(24,25)26)4-10(12(8)18-14)36(30,31)32/h1-4,17-20H,(H,21,22,23)(H,24,25,26)(H,27,28,29)(H,30,31,32). The first-order valence-electron chi connectivity index (χ1n) is 8.89. The number of rotatable bonds is 5. The number of fused-ring (bicyclic) bond motifs is 2. The minimum atomic E-state index is -5.18. The molecule has 0 saturated heterocycles. The molecular formula is C16H12N2O14S4. The first-order valence-corrected chi connectivity index (χ1v) is 14.6. The van der Waals surface area contributed by atoms with Gasteiger partial charge in [-0.2, -0.15) is 33.7 Å². The van der Waals surface area contributed by atoms with E-state index in [-0.39, 0.29) is 0 Å². The summed E-state index contributed by atoms with van der Waals surface area (Å²) in [5, 5.41) is 20.1. The van der Waals surface area contributed by atoms with Gasteiger partial charge in [-0.15, -0.1) is 0 Å². The third-order valence-corrected chi connectivity index (χ3v) is 8.46. The molecule has 0 atom stereocenters. The molecule has 4 rings (SSSR count). The Hall–Kier alpha value is -3.24. The smallest absolute Gasteiger partial charge is 0.296 e. The summed E-state index contributed by atoms with van der Waals surface area (Å²) in [5.74, 6) is -1.93. The van der Waals surface area contributed by atoms with Gasteiger partial charge in [0.1, 0.15) is 21.2 Å². The summed E-state index contributed by atoms with van der Waals surface area (Å²) in [6.07, 6.45) is 0. The van der Waals surface area contributed by atoms with Gasteiger partial charge in [-0.3, -0.25) is 18.2 Å². The molecule has 0 fully saturated rings. The number of H-pyrrole nitrogens is 2. The Labute approximate surface area is 200 Å². The zero-order chi connectivity index (χ0) is 27.2. The second-order valence-corrected chi connectivity index (χ2v) is 12.9. The highest BCUT2D eigenvalue weighted by Gasteiger charge is 2.29. The lowest BCUT2D eigenvalue weighted by Crippen LogP contribution is -2.04. The predicted molar refractivity (Wildman–Crippen MR) is 118 cm³/mol. The Balaban J connectivity index is 2.16. The maximum absolute atomic E-state index is 11.8. The fraction of sp³-hybridized carbons (Fsp3) is 0. The Morgan fingerprint density at radius 3 is 1.06 bits per heavy atom. The van der Waals surface area contributed by atoms with Crippen molar-refractivity contribution >= 4 is 62.3 Å². The molecule has 0 bridgehead atoms. The second-order valence-electron chi connectivity index (χ2n) is 7.29. The molecule has 4 aromatic rings. The van der Waals surface area contributed by atoms with E-state index in [2.05, 4.69) is 9.97 Å². The van der Waals surface area contributed by atoms with Gasteiger partial charge in [0.2, 0.25) is 0 Å². The van der Waals surface area contributed by atoms with Crippen LogP contribution in [0.1, 0.15) is 0 Å². The maximum Gasteiger partial charge on any atom is 0.296 e. The van der Waals surface area contributed by atoms with Gasteiger partial charge in [0.25, 0.3) is 40.5 Å². The number of benzene rings is 2. The molecule has 0 saturated carbocycles. The van der Waals surface area contributed by atoms with E-state index in [1.165, 1.54) is 0 Å². The first-order chi connectivity index (χ1) is 16.2. The highest BCUT2D eigenvalue weighted by molar-refractivity contribution is 7.87. The molecule has 20 heteroatoms. The van der Waals surface area contributed by atoms with Gasteiger partial charge >= 0.3 is 0 Å². The molecule has 36 heavy (non-hydrogen) atoms. The molecule has 16 nitrogen and oxygen atoms in total. The minimum absolute atomic E-state index is 0.368. The summed E-state index contributed by atoms with van der Waals surface area (Å²) < 4.78 is 131. The molecule has 0 radical (unpaired) electrons. The highest BCUT2D eigenvalue weighted by atomic mass is 32.2. The highest BCUT2D eigenvalue weighted by Crippen LogP contribution is 2.45. The van der Waals surface area contributed by atoms with Crippen molar-refractivity contribution in [3.05, 3.63) is 24.3 Å². The summed E-state index contributed by atoms with van der Waals surface area (Å²) in [5.41, 5.74) is -2.45. The lowest BCUT2D eigenvalue weighted by atomic mass is 10.2. The van der Waals surface area contributed by atoms with Crippen molar-refractivity contribution in [2.45, 2.75) is 19.6 Å². The van der Waals surface area contributed by atoms with Crippen LogP contribution in [0.5, 0.6) is 11.5 Å².